The van der Waals surface area contributed by atoms with Gasteiger partial charge in [-0.25, -0.2) is 0 Å². The molecule has 0 bridgehead atoms. The van der Waals surface area contributed by atoms with Gasteiger partial charge >= 0.3 is 0 Å². The summed E-state index contributed by atoms with van der Waals surface area (Å²) >= 11 is 0. The maximum Gasteiger partial charge on any atom is 0.0337 e. The fourth-order valence-electron chi connectivity index (χ4n) is 2.59. The highest BCUT2D eigenvalue weighted by Crippen LogP contribution is 2.29. The second-order valence-electron chi connectivity index (χ2n) is 5.22. The number of anilines is 1. The van der Waals surface area contributed by atoms with Crippen LogP contribution < -0.4 is 5.32 Å². The van der Waals surface area contributed by atoms with E-state index >= 15 is 0 Å². The lowest BCUT2D eigenvalue weighted by molar-refractivity contribution is 1.49. The van der Waals surface area contributed by atoms with E-state index in [2.05, 4.69) is 72.8 Å². The monoisotopic (exact) mass is 271 g/mol. The van der Waals surface area contributed by atoms with E-state index in [1.807, 2.05) is 7.05 Å². The summed E-state index contributed by atoms with van der Waals surface area (Å²) in [6, 6.07) is 19.1. The fourth-order valence-corrected chi connectivity index (χ4v) is 2.59. The third kappa shape index (κ3) is 2.49. The number of aryl methyl sites for hydroxylation is 1. The highest BCUT2D eigenvalue weighted by molar-refractivity contribution is 5.93. The molecule has 0 atom stereocenters. The van der Waals surface area contributed by atoms with Crippen molar-refractivity contribution in [1.29, 1.82) is 0 Å². The van der Waals surface area contributed by atoms with E-state index in [4.69, 9.17) is 6.42 Å². The van der Waals surface area contributed by atoms with E-state index in [1.165, 1.54) is 16.5 Å². The highest BCUT2D eigenvalue weighted by Gasteiger charge is 2.05. The van der Waals surface area contributed by atoms with Gasteiger partial charge in [-0.1, -0.05) is 41.8 Å². The summed E-state index contributed by atoms with van der Waals surface area (Å²) < 4.78 is 0. The Balaban J connectivity index is 2.19. The van der Waals surface area contributed by atoms with Crippen molar-refractivity contribution in [3.63, 3.8) is 0 Å². The molecular formula is C20H17N. The van der Waals surface area contributed by atoms with Gasteiger partial charge in [0.05, 0.1) is 0 Å². The van der Waals surface area contributed by atoms with Gasteiger partial charge in [0.2, 0.25) is 0 Å². The molecule has 0 aliphatic heterocycles. The topological polar surface area (TPSA) is 12.0 Å². The summed E-state index contributed by atoms with van der Waals surface area (Å²) in [5, 5.41) is 5.46. The van der Waals surface area contributed by atoms with E-state index in [-0.39, 0.29) is 0 Å². The zero-order valence-electron chi connectivity index (χ0n) is 12.3. The molecule has 1 N–H and O–H groups in total. The molecule has 0 unspecified atom stereocenters. The molecule has 0 radical (unpaired) electrons. The molecule has 0 aliphatic rings. The Labute approximate surface area is 125 Å². The van der Waals surface area contributed by atoms with E-state index in [0.29, 0.717) is 0 Å². The molecule has 0 saturated heterocycles. The van der Waals surface area contributed by atoms with E-state index in [0.717, 1.165) is 22.2 Å². The van der Waals surface area contributed by atoms with Crippen LogP contribution in [0.5, 0.6) is 0 Å². The smallest absolute Gasteiger partial charge is 0.0337 e. The number of hydrogen-bond acceptors (Lipinski definition) is 1. The molecular weight excluding hydrogens is 254 g/mol. The third-order valence-corrected chi connectivity index (χ3v) is 3.77. The molecule has 102 valence electrons. The molecule has 1 nitrogen and oxygen atoms in total. The van der Waals surface area contributed by atoms with Crippen molar-refractivity contribution in [3.05, 3.63) is 65.7 Å². The van der Waals surface area contributed by atoms with Gasteiger partial charge in [-0.15, -0.1) is 6.42 Å². The molecule has 0 heterocycles. The van der Waals surface area contributed by atoms with Crippen LogP contribution in [0.2, 0.25) is 0 Å². The summed E-state index contributed by atoms with van der Waals surface area (Å²) in [5.74, 6) is 2.82. The summed E-state index contributed by atoms with van der Waals surface area (Å²) in [4.78, 5) is 0. The maximum absolute atomic E-state index is 5.70. The predicted octanol–water partition coefficient (Wildman–Crippen LogP) is 4.84. The maximum atomic E-state index is 5.70. The molecule has 21 heavy (non-hydrogen) atoms. The van der Waals surface area contributed by atoms with Crippen molar-refractivity contribution in [1.82, 2.24) is 0 Å². The molecule has 0 fully saturated rings. The van der Waals surface area contributed by atoms with Crippen molar-refractivity contribution in [2.45, 2.75) is 6.92 Å². The number of benzene rings is 3. The number of hydrogen-bond donors (Lipinski definition) is 1. The number of terminal acetylenes is 1. The van der Waals surface area contributed by atoms with Gasteiger partial charge in [-0.3, -0.25) is 0 Å². The van der Waals surface area contributed by atoms with Crippen molar-refractivity contribution >= 4 is 16.5 Å². The van der Waals surface area contributed by atoms with Gasteiger partial charge in [-0.2, -0.15) is 0 Å². The fraction of sp³-hybridized carbons (Fsp3) is 0.100. The van der Waals surface area contributed by atoms with Gasteiger partial charge in [0, 0.05) is 18.3 Å². The summed E-state index contributed by atoms with van der Waals surface area (Å²) in [6.45, 7) is 2.09. The first-order valence-corrected chi connectivity index (χ1v) is 7.00. The van der Waals surface area contributed by atoms with Gasteiger partial charge < -0.3 is 5.32 Å². The van der Waals surface area contributed by atoms with Crippen molar-refractivity contribution in [2.75, 3.05) is 12.4 Å². The first-order valence-electron chi connectivity index (χ1n) is 7.00. The molecule has 3 aromatic rings. The minimum atomic E-state index is 0.948. The Kier molecular flexibility index (Phi) is 3.38. The van der Waals surface area contributed by atoms with Gasteiger partial charge in [0.1, 0.15) is 0 Å². The van der Waals surface area contributed by atoms with E-state index in [9.17, 15) is 0 Å². The lowest BCUT2D eigenvalue weighted by Gasteiger charge is -2.09. The second-order valence-corrected chi connectivity index (χ2v) is 5.22. The molecule has 3 aromatic carbocycles. The quantitative estimate of drug-likeness (QED) is 0.658. The first kappa shape index (κ1) is 13.3. The number of nitrogens with one attached hydrogen (secondary N) is 1. The minimum Gasteiger partial charge on any atom is -0.388 e. The van der Waals surface area contributed by atoms with Crippen LogP contribution in [-0.2, 0) is 0 Å². The average molecular weight is 271 g/mol. The van der Waals surface area contributed by atoms with Crippen molar-refractivity contribution in [3.8, 4) is 23.5 Å². The molecule has 0 saturated carbocycles. The SMILES string of the molecule is C#Cc1cc(-c2ccc(NC)cc2)cc2ccc(C)cc12. The average Bonchev–Trinajstić information content (AvgIpc) is 2.54. The van der Waals surface area contributed by atoms with Crippen LogP contribution in [0.3, 0.4) is 0 Å². The van der Waals surface area contributed by atoms with E-state index < -0.39 is 0 Å². The van der Waals surface area contributed by atoms with Crippen molar-refractivity contribution < 1.29 is 0 Å². The second kappa shape index (κ2) is 5.34. The van der Waals surface area contributed by atoms with Crippen LogP contribution in [0.4, 0.5) is 5.69 Å². The molecule has 1 heteroatoms. The zero-order valence-corrected chi connectivity index (χ0v) is 12.3. The zero-order chi connectivity index (χ0) is 14.8. The normalized spacial score (nSPS) is 10.3. The summed E-state index contributed by atoms with van der Waals surface area (Å²) in [7, 11) is 1.92. The number of fused-ring (bicyclic) bond motifs is 1. The lowest BCUT2D eigenvalue weighted by Crippen LogP contribution is -1.88. The third-order valence-electron chi connectivity index (χ3n) is 3.77. The Hall–Kier alpha value is -2.72. The minimum absolute atomic E-state index is 0.948. The molecule has 3 rings (SSSR count). The molecule has 0 spiro atoms. The van der Waals surface area contributed by atoms with Gasteiger partial charge in [0.25, 0.3) is 0 Å². The standard InChI is InChI=1S/C20H17N/c1-4-15-12-18(16-7-9-19(21-3)10-8-16)13-17-6-5-14(2)11-20(15)17/h1,5-13,21H,2-3H3. The highest BCUT2D eigenvalue weighted by atomic mass is 14.8. The summed E-state index contributed by atoms with van der Waals surface area (Å²) in [6.07, 6.45) is 5.70. The van der Waals surface area contributed by atoms with Gasteiger partial charge in [0.15, 0.2) is 0 Å². The van der Waals surface area contributed by atoms with Crippen LogP contribution in [0.15, 0.2) is 54.6 Å². The Bertz CT molecular complexity index is 836. The predicted molar refractivity (Wildman–Crippen MR) is 91.6 cm³/mol. The van der Waals surface area contributed by atoms with Crippen LogP contribution in [0.25, 0.3) is 21.9 Å². The molecule has 0 aromatic heterocycles. The van der Waals surface area contributed by atoms with E-state index in [1.54, 1.807) is 0 Å². The largest absolute Gasteiger partial charge is 0.388 e. The Morgan fingerprint density at radius 2 is 1.67 bits per heavy atom. The van der Waals surface area contributed by atoms with Crippen LogP contribution in [-0.4, -0.2) is 7.05 Å². The van der Waals surface area contributed by atoms with Crippen LogP contribution in [0.1, 0.15) is 11.1 Å². The molecule has 0 amide bonds. The van der Waals surface area contributed by atoms with Crippen LogP contribution >= 0.6 is 0 Å². The van der Waals surface area contributed by atoms with Gasteiger partial charge in [-0.05, 0) is 53.1 Å². The lowest BCUT2D eigenvalue weighted by atomic mass is 9.96. The number of rotatable bonds is 2. The summed E-state index contributed by atoms with van der Waals surface area (Å²) in [5.41, 5.74) is 5.61. The van der Waals surface area contributed by atoms with Crippen molar-refractivity contribution in [2.24, 2.45) is 0 Å². The Morgan fingerprint density at radius 1 is 0.905 bits per heavy atom. The first-order chi connectivity index (χ1) is 10.2. The Morgan fingerprint density at radius 3 is 2.33 bits per heavy atom. The van der Waals surface area contributed by atoms with Crippen LogP contribution in [0, 0.1) is 19.3 Å². The molecule has 0 aliphatic carbocycles.